The van der Waals surface area contributed by atoms with Gasteiger partial charge in [0.1, 0.15) is 0 Å². The minimum Gasteiger partial charge on any atom is -0.342 e. The van der Waals surface area contributed by atoms with Crippen LogP contribution in [-0.4, -0.2) is 62.0 Å². The average molecular weight is 327 g/mol. The van der Waals surface area contributed by atoms with Crippen molar-refractivity contribution in [2.75, 3.05) is 0 Å². The fraction of sp³-hybridized carbons (Fsp3) is 1.00. The van der Waals surface area contributed by atoms with Gasteiger partial charge in [-0.15, -0.1) is 0 Å². The third kappa shape index (κ3) is 6.18. The highest BCUT2D eigenvalue weighted by molar-refractivity contribution is 6.84. The molecule has 0 fully saturated rings. The second-order valence-electron chi connectivity index (χ2n) is 4.52. The summed E-state index contributed by atoms with van der Waals surface area (Å²) in [5, 5.41) is 19.2. The molecule has 16 heavy (non-hydrogen) atoms. The molecule has 0 rings (SSSR count). The smallest absolute Gasteiger partial charge is 0.172 e. The van der Waals surface area contributed by atoms with Gasteiger partial charge < -0.3 is 20.1 Å². The van der Waals surface area contributed by atoms with Gasteiger partial charge in [0.25, 0.3) is 0 Å². The third-order valence-electron chi connectivity index (χ3n) is 2.90. The molecule has 0 saturated carbocycles. The van der Waals surface area contributed by atoms with Crippen molar-refractivity contribution in [2.45, 2.75) is 36.3 Å². The minimum absolute atomic E-state index is 1.22. The van der Waals surface area contributed by atoms with Crippen molar-refractivity contribution >= 4 is 58.1 Å². The molecule has 98 valence electrons. The second-order valence-corrected chi connectivity index (χ2v) is 16.2. The number of nitrogens with two attached hydrogens (primary N) is 3. The molecule has 10 heteroatoms. The van der Waals surface area contributed by atoms with E-state index in [-0.39, 0.29) is 0 Å². The van der Waals surface area contributed by atoms with Crippen molar-refractivity contribution in [3.8, 4) is 0 Å². The third-order valence-corrected chi connectivity index (χ3v) is 20.8. The Morgan fingerprint density at radius 1 is 0.688 bits per heavy atom. The van der Waals surface area contributed by atoms with Crippen LogP contribution in [0.3, 0.4) is 0 Å². The molecule has 0 aliphatic heterocycles. The zero-order chi connectivity index (χ0) is 12.6. The highest BCUT2D eigenvalue weighted by atomic mass is 28.4. The Morgan fingerprint density at radius 3 is 1.12 bits per heavy atom. The van der Waals surface area contributed by atoms with Crippen LogP contribution >= 0.6 is 0 Å². The van der Waals surface area contributed by atoms with Crippen LogP contribution in [0.1, 0.15) is 0 Å². The maximum absolute atomic E-state index is 6.41. The highest BCUT2D eigenvalue weighted by Gasteiger charge is 2.28. The normalized spacial score (nSPS) is 18.0. The van der Waals surface area contributed by atoms with Gasteiger partial charge in [0.2, 0.25) is 0 Å². The molecule has 4 nitrogen and oxygen atoms in total. The summed E-state index contributed by atoms with van der Waals surface area (Å²) in [6, 6.07) is 7.72. The zero-order valence-electron chi connectivity index (χ0n) is 11.2. The summed E-state index contributed by atoms with van der Waals surface area (Å²) >= 11 is 0. The highest BCUT2D eigenvalue weighted by Crippen LogP contribution is 2.08. The molecule has 0 bridgehead atoms. The Balaban J connectivity index is 4.47. The van der Waals surface area contributed by atoms with Crippen molar-refractivity contribution < 1.29 is 0 Å². The lowest BCUT2D eigenvalue weighted by Gasteiger charge is -2.36. The molecule has 0 spiro atoms. The fourth-order valence-corrected chi connectivity index (χ4v) is 18.7. The predicted molar refractivity (Wildman–Crippen MR) is 94.5 cm³/mol. The standard InChI is InChI=1S/C6H30N4Si6/c7-14(4-1-11)10(15(8)5-2-12)16(9)6-3-13/h14-16H,1-9H2,11-13H3. The predicted octanol–water partition coefficient (Wildman–Crippen LogP) is -4.82. The van der Waals surface area contributed by atoms with Crippen molar-refractivity contribution in [3.05, 3.63) is 0 Å². The summed E-state index contributed by atoms with van der Waals surface area (Å²) in [7, 11) is 0.140. The molecule has 0 aromatic heterocycles. The van der Waals surface area contributed by atoms with Gasteiger partial charge in [-0.25, -0.2) is 0 Å². The number of rotatable bonds is 9. The van der Waals surface area contributed by atoms with Crippen molar-refractivity contribution in [3.63, 3.8) is 0 Å². The Labute approximate surface area is 114 Å². The summed E-state index contributed by atoms with van der Waals surface area (Å²) < 4.78 is 2.58. The van der Waals surface area contributed by atoms with E-state index in [1.54, 1.807) is 0 Å². The lowest BCUT2D eigenvalue weighted by Crippen LogP contribution is -2.67. The summed E-state index contributed by atoms with van der Waals surface area (Å²) in [4.78, 5) is 0. The molecule has 0 radical (unpaired) electrons. The van der Waals surface area contributed by atoms with Crippen LogP contribution in [0.15, 0.2) is 0 Å². The summed E-state index contributed by atoms with van der Waals surface area (Å²) in [6.07, 6.45) is 0. The van der Waals surface area contributed by atoms with Crippen LogP contribution < -0.4 is 16.2 Å². The molecule has 0 aliphatic rings. The summed E-state index contributed by atoms with van der Waals surface area (Å²) in [6.45, 7) is 0. The van der Waals surface area contributed by atoms with Crippen molar-refractivity contribution in [1.29, 1.82) is 0 Å². The molecule has 0 heterocycles. The Bertz CT molecular complexity index is 147. The first-order chi connectivity index (χ1) is 7.58. The van der Waals surface area contributed by atoms with E-state index in [1.807, 2.05) is 0 Å². The molecule has 0 amide bonds. The molecule has 0 aliphatic carbocycles. The van der Waals surface area contributed by atoms with Gasteiger partial charge >= 0.3 is 0 Å². The molecule has 0 aromatic rings. The van der Waals surface area contributed by atoms with Gasteiger partial charge in [-0.3, -0.25) is 0 Å². The van der Waals surface area contributed by atoms with Gasteiger partial charge in [0, 0.05) is 30.7 Å². The van der Waals surface area contributed by atoms with E-state index in [2.05, 4.69) is 3.90 Å². The van der Waals surface area contributed by atoms with E-state index in [0.29, 0.717) is 0 Å². The summed E-state index contributed by atoms with van der Waals surface area (Å²) in [5.74, 6) is 0. The molecule has 3 unspecified atom stereocenters. The molecular weight excluding hydrogens is 297 g/mol. The first kappa shape index (κ1) is 17.1. The van der Waals surface area contributed by atoms with Gasteiger partial charge in [0.05, 0.1) is 0 Å². The van der Waals surface area contributed by atoms with E-state index < -0.39 is 27.4 Å². The van der Waals surface area contributed by atoms with E-state index in [4.69, 9.17) is 16.2 Å². The fourth-order valence-electron chi connectivity index (χ4n) is 2.07. The maximum Gasteiger partial charge on any atom is 0.172 e. The van der Waals surface area contributed by atoms with Crippen LogP contribution in [0, 0.1) is 0 Å². The molecular formula is C6H30N4Si6. The quantitative estimate of drug-likeness (QED) is 0.371. The number of nitrogens with zero attached hydrogens (tertiary/aromatic N) is 1. The largest absolute Gasteiger partial charge is 0.342 e. The minimum atomic E-state index is -1.22. The molecule has 0 aromatic carbocycles. The van der Waals surface area contributed by atoms with Gasteiger partial charge in [-0.2, -0.15) is 0 Å². The van der Waals surface area contributed by atoms with Gasteiger partial charge in [0.15, 0.2) is 27.4 Å². The van der Waals surface area contributed by atoms with Crippen LogP contribution in [0.25, 0.3) is 0 Å². The van der Waals surface area contributed by atoms with E-state index >= 15 is 0 Å². The SMILES string of the molecule is N[SiH](CC[SiH3])N([SiH](N)CC[SiH3])[SiH](N)CC[SiH3]. The van der Waals surface area contributed by atoms with Crippen LogP contribution in [0.5, 0.6) is 0 Å². The Morgan fingerprint density at radius 2 is 0.938 bits per heavy atom. The molecule has 6 N–H and O–H groups in total. The Kier molecular flexibility index (Phi) is 10.8. The van der Waals surface area contributed by atoms with Gasteiger partial charge in [-0.05, 0) is 18.1 Å². The lowest BCUT2D eigenvalue weighted by atomic mass is 11.0. The van der Waals surface area contributed by atoms with E-state index in [0.717, 1.165) is 0 Å². The number of hydrogen-bond acceptors (Lipinski definition) is 4. The summed E-state index contributed by atoms with van der Waals surface area (Å²) in [5.41, 5.74) is 0. The monoisotopic (exact) mass is 326 g/mol. The second kappa shape index (κ2) is 10.1. The van der Waals surface area contributed by atoms with Crippen molar-refractivity contribution in [1.82, 2.24) is 3.90 Å². The van der Waals surface area contributed by atoms with Crippen LogP contribution in [-0.2, 0) is 0 Å². The molecule has 0 saturated heterocycles. The van der Waals surface area contributed by atoms with E-state index in [9.17, 15) is 0 Å². The molecule has 3 atom stereocenters. The maximum atomic E-state index is 6.41. The van der Waals surface area contributed by atoms with Crippen LogP contribution in [0.2, 0.25) is 36.3 Å². The Hall–Kier alpha value is 1.14. The lowest BCUT2D eigenvalue weighted by molar-refractivity contribution is 0.912. The number of hydrogen-bond donors (Lipinski definition) is 3. The van der Waals surface area contributed by atoms with Crippen LogP contribution in [0.4, 0.5) is 0 Å². The first-order valence-electron chi connectivity index (χ1n) is 6.62. The average Bonchev–Trinajstić information content (AvgIpc) is 2.19. The topological polar surface area (TPSA) is 81.3 Å². The first-order valence-corrected chi connectivity index (χ1v) is 16.9. The van der Waals surface area contributed by atoms with Crippen molar-refractivity contribution in [2.24, 2.45) is 16.2 Å². The zero-order valence-corrected chi connectivity index (χ0v) is 20.6. The van der Waals surface area contributed by atoms with Gasteiger partial charge in [-0.1, -0.05) is 18.1 Å². The van der Waals surface area contributed by atoms with E-state index in [1.165, 1.54) is 67.0 Å².